The molecule has 2 heteroatoms. The van der Waals surface area contributed by atoms with Crippen LogP contribution in [0.3, 0.4) is 0 Å². The Kier molecular flexibility index (Phi) is 3.30. The second kappa shape index (κ2) is 4.88. The average molecular weight is 215 g/mol. The summed E-state index contributed by atoms with van der Waals surface area (Å²) in [4.78, 5) is 0. The summed E-state index contributed by atoms with van der Waals surface area (Å²) >= 11 is 0. The van der Waals surface area contributed by atoms with E-state index in [1.807, 2.05) is 12.1 Å². The van der Waals surface area contributed by atoms with Crippen LogP contribution in [0.1, 0.15) is 19.8 Å². The molecule has 1 aliphatic rings. The Morgan fingerprint density at radius 2 is 2.00 bits per heavy atom. The molecule has 0 fully saturated rings. The van der Waals surface area contributed by atoms with Crippen molar-refractivity contribution < 1.29 is 5.11 Å². The van der Waals surface area contributed by atoms with Gasteiger partial charge in [0.1, 0.15) is 5.75 Å². The van der Waals surface area contributed by atoms with Crippen molar-refractivity contribution in [3.8, 4) is 5.75 Å². The van der Waals surface area contributed by atoms with Gasteiger partial charge in [-0.2, -0.15) is 0 Å². The van der Waals surface area contributed by atoms with E-state index in [1.165, 1.54) is 17.6 Å². The molecule has 0 heterocycles. The van der Waals surface area contributed by atoms with Crippen LogP contribution in [0.2, 0.25) is 0 Å². The Labute approximate surface area is 96.3 Å². The molecular weight excluding hydrogens is 198 g/mol. The summed E-state index contributed by atoms with van der Waals surface area (Å²) in [7, 11) is 0. The average Bonchev–Trinajstić information content (AvgIpc) is 2.30. The van der Waals surface area contributed by atoms with Crippen molar-refractivity contribution in [2.24, 2.45) is 0 Å². The zero-order valence-electron chi connectivity index (χ0n) is 9.53. The van der Waals surface area contributed by atoms with Crippen molar-refractivity contribution >= 4 is 5.69 Å². The maximum absolute atomic E-state index is 9.17. The van der Waals surface area contributed by atoms with Crippen molar-refractivity contribution in [2.45, 2.75) is 19.8 Å². The molecule has 0 amide bonds. The lowest BCUT2D eigenvalue weighted by atomic mass is 9.99. The molecule has 1 aromatic carbocycles. The normalized spacial score (nSPS) is 15.3. The second-order valence-electron chi connectivity index (χ2n) is 4.15. The van der Waals surface area contributed by atoms with Crippen LogP contribution in [0.25, 0.3) is 0 Å². The molecule has 0 aromatic heterocycles. The molecule has 0 radical (unpaired) electrons. The molecule has 0 spiro atoms. The fourth-order valence-electron chi connectivity index (χ4n) is 1.81. The number of anilines is 1. The van der Waals surface area contributed by atoms with Gasteiger partial charge in [-0.05, 0) is 49.6 Å². The number of hydrogen-bond donors (Lipinski definition) is 2. The summed E-state index contributed by atoms with van der Waals surface area (Å²) in [5.74, 6) is 0.304. The van der Waals surface area contributed by atoms with E-state index >= 15 is 0 Å². The minimum atomic E-state index is 0.304. The fourth-order valence-corrected chi connectivity index (χ4v) is 1.81. The van der Waals surface area contributed by atoms with E-state index in [-0.39, 0.29) is 0 Å². The Hall–Kier alpha value is -1.70. The zero-order chi connectivity index (χ0) is 11.4. The SMILES string of the molecule is CC1=C(CNc2ccc(O)cc2)C=CCC1. The number of nitrogens with one attached hydrogen (secondary N) is 1. The van der Waals surface area contributed by atoms with Crippen LogP contribution >= 0.6 is 0 Å². The predicted octanol–water partition coefficient (Wildman–Crippen LogP) is 3.47. The first-order valence-electron chi connectivity index (χ1n) is 5.64. The maximum atomic E-state index is 9.17. The highest BCUT2D eigenvalue weighted by molar-refractivity contribution is 5.48. The summed E-state index contributed by atoms with van der Waals surface area (Å²) in [5, 5.41) is 12.5. The van der Waals surface area contributed by atoms with Crippen LogP contribution in [0.5, 0.6) is 5.75 Å². The smallest absolute Gasteiger partial charge is 0.115 e. The topological polar surface area (TPSA) is 32.3 Å². The molecule has 84 valence electrons. The first-order valence-corrected chi connectivity index (χ1v) is 5.64. The van der Waals surface area contributed by atoms with Gasteiger partial charge < -0.3 is 10.4 Å². The van der Waals surface area contributed by atoms with Gasteiger partial charge in [0.05, 0.1) is 0 Å². The molecule has 1 aromatic rings. The lowest BCUT2D eigenvalue weighted by Gasteiger charge is -2.14. The fraction of sp³-hybridized carbons (Fsp3) is 0.286. The van der Waals surface area contributed by atoms with Crippen molar-refractivity contribution in [2.75, 3.05) is 11.9 Å². The minimum absolute atomic E-state index is 0.304. The molecule has 0 bridgehead atoms. The first-order chi connectivity index (χ1) is 7.75. The Balaban J connectivity index is 1.97. The van der Waals surface area contributed by atoms with Crippen LogP contribution in [0.4, 0.5) is 5.69 Å². The van der Waals surface area contributed by atoms with E-state index in [4.69, 9.17) is 5.11 Å². The van der Waals surface area contributed by atoms with Gasteiger partial charge in [-0.1, -0.05) is 17.7 Å². The van der Waals surface area contributed by atoms with Gasteiger partial charge in [-0.15, -0.1) is 0 Å². The summed E-state index contributed by atoms with van der Waals surface area (Å²) in [6.07, 6.45) is 6.75. The molecule has 0 unspecified atom stereocenters. The van der Waals surface area contributed by atoms with Gasteiger partial charge in [0.25, 0.3) is 0 Å². The molecular formula is C14H17NO. The number of phenols is 1. The van der Waals surface area contributed by atoms with Gasteiger partial charge in [0.2, 0.25) is 0 Å². The summed E-state index contributed by atoms with van der Waals surface area (Å²) in [5.41, 5.74) is 3.88. The standard InChI is InChI=1S/C14H17NO/c1-11-4-2-3-5-12(11)10-15-13-6-8-14(16)9-7-13/h3,5-9,15-16H,2,4,10H2,1H3. The van der Waals surface area contributed by atoms with Gasteiger partial charge >= 0.3 is 0 Å². The highest BCUT2D eigenvalue weighted by atomic mass is 16.3. The third-order valence-electron chi connectivity index (χ3n) is 2.90. The molecule has 2 nitrogen and oxygen atoms in total. The highest BCUT2D eigenvalue weighted by Crippen LogP contribution is 2.19. The summed E-state index contributed by atoms with van der Waals surface area (Å²) in [6.45, 7) is 3.05. The van der Waals surface area contributed by atoms with Gasteiger partial charge in [0, 0.05) is 12.2 Å². The number of allylic oxidation sites excluding steroid dienone is 2. The van der Waals surface area contributed by atoms with Gasteiger partial charge in [-0.3, -0.25) is 0 Å². The third-order valence-corrected chi connectivity index (χ3v) is 2.90. The molecule has 16 heavy (non-hydrogen) atoms. The number of phenolic OH excluding ortho intramolecular Hbond substituents is 1. The monoisotopic (exact) mass is 215 g/mol. The number of rotatable bonds is 3. The van der Waals surface area contributed by atoms with Crippen LogP contribution in [-0.2, 0) is 0 Å². The number of hydrogen-bond acceptors (Lipinski definition) is 2. The summed E-state index contributed by atoms with van der Waals surface area (Å²) in [6, 6.07) is 7.16. The lowest BCUT2D eigenvalue weighted by Crippen LogP contribution is -2.06. The predicted molar refractivity (Wildman–Crippen MR) is 67.7 cm³/mol. The van der Waals surface area contributed by atoms with Crippen molar-refractivity contribution in [1.29, 1.82) is 0 Å². The minimum Gasteiger partial charge on any atom is -0.508 e. The van der Waals surface area contributed by atoms with E-state index in [0.29, 0.717) is 5.75 Å². The van der Waals surface area contributed by atoms with Gasteiger partial charge in [0.15, 0.2) is 0 Å². The number of benzene rings is 1. The Morgan fingerprint density at radius 3 is 2.69 bits per heavy atom. The highest BCUT2D eigenvalue weighted by Gasteiger charge is 2.03. The molecule has 2 N–H and O–H groups in total. The molecule has 0 saturated heterocycles. The Bertz CT molecular complexity index is 415. The molecule has 2 rings (SSSR count). The van der Waals surface area contributed by atoms with E-state index in [0.717, 1.165) is 18.7 Å². The maximum Gasteiger partial charge on any atom is 0.115 e. The van der Waals surface area contributed by atoms with Crippen molar-refractivity contribution in [1.82, 2.24) is 0 Å². The van der Waals surface area contributed by atoms with E-state index in [1.54, 1.807) is 12.1 Å². The van der Waals surface area contributed by atoms with Crippen LogP contribution in [-0.4, -0.2) is 11.7 Å². The number of aromatic hydroxyl groups is 1. The molecule has 0 aliphatic heterocycles. The largest absolute Gasteiger partial charge is 0.508 e. The van der Waals surface area contributed by atoms with Crippen LogP contribution in [0.15, 0.2) is 47.6 Å². The Morgan fingerprint density at radius 1 is 1.25 bits per heavy atom. The van der Waals surface area contributed by atoms with E-state index in [2.05, 4.69) is 24.4 Å². The van der Waals surface area contributed by atoms with Crippen molar-refractivity contribution in [3.63, 3.8) is 0 Å². The summed E-state index contributed by atoms with van der Waals surface area (Å²) < 4.78 is 0. The van der Waals surface area contributed by atoms with Crippen LogP contribution < -0.4 is 5.32 Å². The van der Waals surface area contributed by atoms with Crippen molar-refractivity contribution in [3.05, 3.63) is 47.6 Å². The first kappa shape index (κ1) is 10.8. The molecule has 1 aliphatic carbocycles. The third kappa shape index (κ3) is 2.66. The quantitative estimate of drug-likeness (QED) is 0.757. The van der Waals surface area contributed by atoms with Gasteiger partial charge in [-0.25, -0.2) is 0 Å². The molecule has 0 saturated carbocycles. The second-order valence-corrected chi connectivity index (χ2v) is 4.15. The van der Waals surface area contributed by atoms with Crippen LogP contribution in [0, 0.1) is 0 Å². The van der Waals surface area contributed by atoms with E-state index < -0.39 is 0 Å². The van der Waals surface area contributed by atoms with E-state index in [9.17, 15) is 0 Å². The lowest BCUT2D eigenvalue weighted by molar-refractivity contribution is 0.475. The molecule has 0 atom stereocenters. The zero-order valence-corrected chi connectivity index (χ0v) is 9.53.